The van der Waals surface area contributed by atoms with Gasteiger partial charge in [-0.1, -0.05) is 42.5 Å². The summed E-state index contributed by atoms with van der Waals surface area (Å²) in [5.41, 5.74) is 1.75. The first-order chi connectivity index (χ1) is 17.6. The summed E-state index contributed by atoms with van der Waals surface area (Å²) in [5.74, 6) is 0.0220. The third-order valence-electron chi connectivity index (χ3n) is 5.10. The highest BCUT2D eigenvalue weighted by atomic mass is 16.6. The summed E-state index contributed by atoms with van der Waals surface area (Å²) in [6, 6.07) is 21.1. The number of nitro groups is 1. The van der Waals surface area contributed by atoms with Crippen LogP contribution in [0.4, 0.5) is 10.5 Å². The van der Waals surface area contributed by atoms with Crippen LogP contribution in [0.1, 0.15) is 37.5 Å². The molecule has 1 atom stereocenters. The highest BCUT2D eigenvalue weighted by Crippen LogP contribution is 2.20. The Bertz CT molecular complexity index is 1190. The monoisotopic (exact) mass is 506 g/mol. The molecular weight excluding hydrogens is 476 g/mol. The van der Waals surface area contributed by atoms with E-state index in [-0.39, 0.29) is 30.9 Å². The molecule has 0 aliphatic heterocycles. The predicted molar refractivity (Wildman–Crippen MR) is 137 cm³/mol. The molecule has 0 spiro atoms. The number of rotatable bonds is 10. The number of non-ortho nitro benzene ring substituents is 1. The van der Waals surface area contributed by atoms with Crippen LogP contribution in [0.3, 0.4) is 0 Å². The van der Waals surface area contributed by atoms with E-state index in [1.54, 1.807) is 12.1 Å². The molecule has 3 aromatic carbocycles. The lowest BCUT2D eigenvalue weighted by molar-refractivity contribution is -0.384. The number of hydrogen-bond donors (Lipinski definition) is 1. The quantitative estimate of drug-likeness (QED) is 0.224. The van der Waals surface area contributed by atoms with E-state index in [1.807, 2.05) is 63.2 Å². The molecule has 9 nitrogen and oxygen atoms in total. The van der Waals surface area contributed by atoms with E-state index in [4.69, 9.17) is 14.2 Å². The van der Waals surface area contributed by atoms with Crippen molar-refractivity contribution in [1.29, 1.82) is 0 Å². The zero-order chi connectivity index (χ0) is 26.8. The number of amides is 1. The molecule has 0 heterocycles. The van der Waals surface area contributed by atoms with Crippen molar-refractivity contribution in [2.75, 3.05) is 0 Å². The molecule has 0 bridgehead atoms. The maximum Gasteiger partial charge on any atom is 0.408 e. The molecule has 0 aromatic heterocycles. The van der Waals surface area contributed by atoms with Gasteiger partial charge in [0.1, 0.15) is 30.6 Å². The second kappa shape index (κ2) is 12.5. The van der Waals surface area contributed by atoms with Crippen molar-refractivity contribution >= 4 is 17.7 Å². The topological polar surface area (TPSA) is 117 Å². The fourth-order valence-corrected chi connectivity index (χ4v) is 3.35. The summed E-state index contributed by atoms with van der Waals surface area (Å²) in [7, 11) is 0. The van der Waals surface area contributed by atoms with Crippen LogP contribution in [-0.4, -0.2) is 28.6 Å². The van der Waals surface area contributed by atoms with Gasteiger partial charge in [0.15, 0.2) is 0 Å². The van der Waals surface area contributed by atoms with Gasteiger partial charge in [0.05, 0.1) is 4.92 Å². The van der Waals surface area contributed by atoms with Gasteiger partial charge >= 0.3 is 12.1 Å². The summed E-state index contributed by atoms with van der Waals surface area (Å²) in [6.07, 6.45) is -0.594. The SMILES string of the molecule is CC(C)(C)Oc1ccc(C[C@H](NC(=O)OCc2ccccc2)C(=O)OCc2ccc([N+](=O)[O-])cc2)cc1. The van der Waals surface area contributed by atoms with E-state index >= 15 is 0 Å². The van der Waals surface area contributed by atoms with Gasteiger partial charge in [-0.25, -0.2) is 9.59 Å². The minimum atomic E-state index is -1.02. The minimum absolute atomic E-state index is 0.0517. The van der Waals surface area contributed by atoms with Crippen LogP contribution in [-0.2, 0) is 33.9 Å². The third-order valence-corrected chi connectivity index (χ3v) is 5.10. The van der Waals surface area contributed by atoms with Crippen LogP contribution in [0.5, 0.6) is 5.75 Å². The smallest absolute Gasteiger partial charge is 0.408 e. The number of nitrogens with one attached hydrogen (secondary N) is 1. The van der Waals surface area contributed by atoms with Crippen LogP contribution < -0.4 is 10.1 Å². The van der Waals surface area contributed by atoms with E-state index in [2.05, 4.69) is 5.32 Å². The van der Waals surface area contributed by atoms with Gasteiger partial charge in [0, 0.05) is 18.6 Å². The molecule has 0 unspecified atom stereocenters. The van der Waals surface area contributed by atoms with Gasteiger partial charge in [0.25, 0.3) is 5.69 Å². The van der Waals surface area contributed by atoms with Crippen molar-refractivity contribution in [3.63, 3.8) is 0 Å². The van der Waals surface area contributed by atoms with Crippen molar-refractivity contribution < 1.29 is 28.7 Å². The van der Waals surface area contributed by atoms with E-state index < -0.39 is 23.0 Å². The highest BCUT2D eigenvalue weighted by Gasteiger charge is 2.24. The summed E-state index contributed by atoms with van der Waals surface area (Å²) in [5, 5.41) is 13.4. The highest BCUT2D eigenvalue weighted by molar-refractivity contribution is 5.81. The van der Waals surface area contributed by atoms with Gasteiger partial charge < -0.3 is 19.5 Å². The van der Waals surface area contributed by atoms with Gasteiger partial charge in [-0.3, -0.25) is 10.1 Å². The zero-order valence-electron chi connectivity index (χ0n) is 21.0. The molecule has 194 valence electrons. The molecule has 0 saturated carbocycles. The average Bonchev–Trinajstić information content (AvgIpc) is 2.86. The number of alkyl carbamates (subject to hydrolysis) is 1. The standard InChI is InChI=1S/C28H30N2O7/c1-28(2,3)37-24-15-11-20(12-16-24)17-25(29-27(32)36-19-21-7-5-4-6-8-21)26(31)35-18-22-9-13-23(14-10-22)30(33)34/h4-16,25H,17-19H2,1-3H3,(H,29,32)/t25-/m0/s1. The number of carbonyl (C=O) groups is 2. The summed E-state index contributed by atoms with van der Waals surface area (Å²) in [6.45, 7) is 5.79. The number of esters is 1. The second-order valence-corrected chi connectivity index (χ2v) is 9.35. The zero-order valence-corrected chi connectivity index (χ0v) is 21.0. The molecule has 1 amide bonds. The Morgan fingerprint density at radius 2 is 1.41 bits per heavy atom. The number of hydrogen-bond acceptors (Lipinski definition) is 7. The van der Waals surface area contributed by atoms with Crippen molar-refractivity contribution in [2.45, 2.75) is 52.0 Å². The lowest BCUT2D eigenvalue weighted by atomic mass is 10.1. The molecule has 0 aliphatic rings. The molecule has 3 aromatic rings. The Morgan fingerprint density at radius 3 is 2.00 bits per heavy atom. The van der Waals surface area contributed by atoms with Crippen LogP contribution >= 0.6 is 0 Å². The second-order valence-electron chi connectivity index (χ2n) is 9.35. The van der Waals surface area contributed by atoms with E-state index in [9.17, 15) is 19.7 Å². The largest absolute Gasteiger partial charge is 0.488 e. The molecule has 1 N–H and O–H groups in total. The van der Waals surface area contributed by atoms with E-state index in [0.29, 0.717) is 11.3 Å². The van der Waals surface area contributed by atoms with Crippen LogP contribution in [0.2, 0.25) is 0 Å². The van der Waals surface area contributed by atoms with Gasteiger partial charge in [-0.15, -0.1) is 0 Å². The lowest BCUT2D eigenvalue weighted by Gasteiger charge is -2.22. The minimum Gasteiger partial charge on any atom is -0.488 e. The Balaban J connectivity index is 1.66. The van der Waals surface area contributed by atoms with Crippen LogP contribution in [0.15, 0.2) is 78.9 Å². The number of ether oxygens (including phenoxy) is 3. The predicted octanol–water partition coefficient (Wildman–Crippen LogP) is 5.35. The first kappa shape index (κ1) is 27.2. The molecule has 0 fully saturated rings. The molecule has 0 radical (unpaired) electrons. The molecule has 9 heteroatoms. The average molecular weight is 507 g/mol. The molecule has 3 rings (SSSR count). The Morgan fingerprint density at radius 1 is 0.838 bits per heavy atom. The molecule has 37 heavy (non-hydrogen) atoms. The van der Waals surface area contributed by atoms with E-state index in [0.717, 1.165) is 11.1 Å². The lowest BCUT2D eigenvalue weighted by Crippen LogP contribution is -2.43. The number of carbonyl (C=O) groups excluding carboxylic acids is 2. The maximum atomic E-state index is 12.9. The van der Waals surface area contributed by atoms with Gasteiger partial charge in [-0.2, -0.15) is 0 Å². The van der Waals surface area contributed by atoms with E-state index in [1.165, 1.54) is 24.3 Å². The molecule has 0 aliphatic carbocycles. The summed E-state index contributed by atoms with van der Waals surface area (Å²) in [4.78, 5) is 35.7. The first-order valence-electron chi connectivity index (χ1n) is 11.7. The van der Waals surface area contributed by atoms with Gasteiger partial charge in [-0.05, 0) is 61.7 Å². The van der Waals surface area contributed by atoms with Crippen molar-refractivity contribution in [1.82, 2.24) is 5.32 Å². The first-order valence-corrected chi connectivity index (χ1v) is 11.7. The third kappa shape index (κ3) is 9.29. The Kier molecular flexibility index (Phi) is 9.21. The fraction of sp³-hybridized carbons (Fsp3) is 0.286. The number of nitrogens with zero attached hydrogens (tertiary/aromatic N) is 1. The van der Waals surface area contributed by atoms with Crippen molar-refractivity contribution in [3.8, 4) is 5.75 Å². The Labute approximate surface area is 215 Å². The molecular formula is C28H30N2O7. The summed E-state index contributed by atoms with van der Waals surface area (Å²) < 4.78 is 16.5. The molecule has 0 saturated heterocycles. The van der Waals surface area contributed by atoms with Crippen LogP contribution in [0.25, 0.3) is 0 Å². The number of benzene rings is 3. The normalized spacial score (nSPS) is 11.8. The van der Waals surface area contributed by atoms with Crippen molar-refractivity contribution in [2.24, 2.45) is 0 Å². The maximum absolute atomic E-state index is 12.9. The number of nitro benzene ring substituents is 1. The van der Waals surface area contributed by atoms with Crippen molar-refractivity contribution in [3.05, 3.63) is 106 Å². The van der Waals surface area contributed by atoms with Gasteiger partial charge in [0.2, 0.25) is 0 Å². The Hall–Kier alpha value is -4.40. The summed E-state index contributed by atoms with van der Waals surface area (Å²) >= 11 is 0. The fourth-order valence-electron chi connectivity index (χ4n) is 3.35. The van der Waals surface area contributed by atoms with Crippen LogP contribution in [0, 0.1) is 10.1 Å².